The van der Waals surface area contributed by atoms with Crippen LogP contribution in [0.4, 0.5) is 0 Å². The molecule has 0 amide bonds. The summed E-state index contributed by atoms with van der Waals surface area (Å²) >= 11 is 0. The summed E-state index contributed by atoms with van der Waals surface area (Å²) in [4.78, 5) is 10.6. The van der Waals surface area contributed by atoms with Gasteiger partial charge in [-0.2, -0.15) is 0 Å². The highest BCUT2D eigenvalue weighted by molar-refractivity contribution is 5.68. The Balaban J connectivity index is 2.19. The van der Waals surface area contributed by atoms with E-state index in [2.05, 4.69) is 0 Å². The van der Waals surface area contributed by atoms with Gasteiger partial charge in [0.2, 0.25) is 0 Å². The Morgan fingerprint density at radius 1 is 1.11 bits per heavy atom. The van der Waals surface area contributed by atoms with Crippen LogP contribution in [-0.4, -0.2) is 18.2 Å². The van der Waals surface area contributed by atoms with Crippen molar-refractivity contribution in [3.63, 3.8) is 0 Å². The van der Waals surface area contributed by atoms with Crippen molar-refractivity contribution in [3.8, 4) is 16.9 Å². The molecule has 0 aliphatic heterocycles. The third-order valence-corrected chi connectivity index (χ3v) is 2.98. The molecule has 0 aromatic heterocycles. The second kappa shape index (κ2) is 6.05. The summed E-state index contributed by atoms with van der Waals surface area (Å²) < 4.78 is 5.13. The number of rotatable bonds is 5. The fourth-order valence-corrected chi connectivity index (χ4v) is 1.94. The minimum absolute atomic E-state index is 0.159. The molecule has 3 heteroatoms. The van der Waals surface area contributed by atoms with Crippen molar-refractivity contribution in [3.05, 3.63) is 54.1 Å². The van der Waals surface area contributed by atoms with Crippen LogP contribution >= 0.6 is 0 Å². The first-order valence-electron chi connectivity index (χ1n) is 6.14. The summed E-state index contributed by atoms with van der Waals surface area (Å²) in [6, 6.07) is 15.8. The van der Waals surface area contributed by atoms with E-state index in [9.17, 15) is 4.79 Å². The third kappa shape index (κ3) is 3.58. The highest BCUT2D eigenvalue weighted by Gasteiger charge is 2.02. The van der Waals surface area contributed by atoms with Gasteiger partial charge < -0.3 is 9.84 Å². The molecule has 98 valence electrons. The average molecular weight is 256 g/mol. The van der Waals surface area contributed by atoms with E-state index in [4.69, 9.17) is 9.84 Å². The Morgan fingerprint density at radius 2 is 1.84 bits per heavy atom. The first-order chi connectivity index (χ1) is 9.19. The van der Waals surface area contributed by atoms with Crippen LogP contribution in [0.5, 0.6) is 5.75 Å². The van der Waals surface area contributed by atoms with Gasteiger partial charge in [-0.15, -0.1) is 0 Å². The van der Waals surface area contributed by atoms with Gasteiger partial charge in [0.25, 0.3) is 0 Å². The van der Waals surface area contributed by atoms with E-state index in [1.54, 1.807) is 7.11 Å². The Labute approximate surface area is 112 Å². The van der Waals surface area contributed by atoms with Gasteiger partial charge in [-0.05, 0) is 35.2 Å². The maximum absolute atomic E-state index is 10.6. The smallest absolute Gasteiger partial charge is 0.303 e. The zero-order valence-corrected chi connectivity index (χ0v) is 10.8. The van der Waals surface area contributed by atoms with E-state index in [-0.39, 0.29) is 6.42 Å². The van der Waals surface area contributed by atoms with Gasteiger partial charge >= 0.3 is 5.97 Å². The molecule has 0 saturated carbocycles. The molecule has 2 aromatic carbocycles. The van der Waals surface area contributed by atoms with Gasteiger partial charge in [0.15, 0.2) is 0 Å². The monoisotopic (exact) mass is 256 g/mol. The lowest BCUT2D eigenvalue weighted by Crippen LogP contribution is -1.97. The third-order valence-electron chi connectivity index (χ3n) is 2.98. The zero-order chi connectivity index (χ0) is 13.7. The molecule has 0 unspecified atom stereocenters. The van der Waals surface area contributed by atoms with E-state index in [1.807, 2.05) is 48.5 Å². The molecular weight excluding hydrogens is 240 g/mol. The number of aliphatic carboxylic acids is 1. The molecule has 0 aliphatic carbocycles. The lowest BCUT2D eigenvalue weighted by Gasteiger charge is -2.06. The van der Waals surface area contributed by atoms with Crippen LogP contribution in [-0.2, 0) is 11.2 Å². The second-order valence-corrected chi connectivity index (χ2v) is 4.32. The average Bonchev–Trinajstić information content (AvgIpc) is 2.45. The van der Waals surface area contributed by atoms with Crippen molar-refractivity contribution in [2.24, 2.45) is 0 Å². The van der Waals surface area contributed by atoms with Gasteiger partial charge in [0.05, 0.1) is 7.11 Å². The highest BCUT2D eigenvalue weighted by Crippen LogP contribution is 2.23. The minimum Gasteiger partial charge on any atom is -0.497 e. The number of aryl methyl sites for hydroxylation is 1. The summed E-state index contributed by atoms with van der Waals surface area (Å²) in [5.41, 5.74) is 3.22. The van der Waals surface area contributed by atoms with Crippen molar-refractivity contribution < 1.29 is 14.6 Å². The molecule has 0 saturated heterocycles. The van der Waals surface area contributed by atoms with Gasteiger partial charge in [-0.3, -0.25) is 4.79 Å². The second-order valence-electron chi connectivity index (χ2n) is 4.32. The van der Waals surface area contributed by atoms with Crippen molar-refractivity contribution in [2.75, 3.05) is 7.11 Å². The maximum atomic E-state index is 10.6. The zero-order valence-electron chi connectivity index (χ0n) is 10.8. The Hall–Kier alpha value is -2.29. The van der Waals surface area contributed by atoms with E-state index in [0.717, 1.165) is 22.4 Å². The van der Waals surface area contributed by atoms with E-state index in [0.29, 0.717) is 6.42 Å². The molecule has 2 rings (SSSR count). The number of hydrogen-bond donors (Lipinski definition) is 1. The van der Waals surface area contributed by atoms with Crippen LogP contribution in [0.3, 0.4) is 0 Å². The maximum Gasteiger partial charge on any atom is 0.303 e. The predicted molar refractivity (Wildman–Crippen MR) is 74.4 cm³/mol. The molecule has 1 N–H and O–H groups in total. The molecule has 0 radical (unpaired) electrons. The van der Waals surface area contributed by atoms with Crippen LogP contribution in [0.25, 0.3) is 11.1 Å². The van der Waals surface area contributed by atoms with Gasteiger partial charge in [-0.1, -0.05) is 36.4 Å². The standard InChI is InChI=1S/C16H16O3/c1-19-15-8-6-13(7-9-15)14-4-2-3-12(11-14)5-10-16(17)18/h2-4,6-9,11H,5,10H2,1H3,(H,17,18). The van der Waals surface area contributed by atoms with Gasteiger partial charge in [-0.25, -0.2) is 0 Å². The summed E-state index contributed by atoms with van der Waals surface area (Å²) in [7, 11) is 1.64. The fourth-order valence-electron chi connectivity index (χ4n) is 1.94. The number of ether oxygens (including phenoxy) is 1. The first kappa shape index (κ1) is 13.1. The molecule has 0 aliphatic rings. The lowest BCUT2D eigenvalue weighted by atomic mass is 10.0. The molecule has 3 nitrogen and oxygen atoms in total. The van der Waals surface area contributed by atoms with Crippen molar-refractivity contribution in [1.29, 1.82) is 0 Å². The minimum atomic E-state index is -0.769. The predicted octanol–water partition coefficient (Wildman–Crippen LogP) is 3.38. The lowest BCUT2D eigenvalue weighted by molar-refractivity contribution is -0.136. The van der Waals surface area contributed by atoms with Crippen molar-refractivity contribution in [1.82, 2.24) is 0 Å². The number of hydrogen-bond acceptors (Lipinski definition) is 2. The summed E-state index contributed by atoms with van der Waals surface area (Å²) in [5, 5.41) is 8.70. The quantitative estimate of drug-likeness (QED) is 0.892. The number of carboxylic acids is 1. The number of methoxy groups -OCH3 is 1. The molecule has 0 spiro atoms. The first-order valence-corrected chi connectivity index (χ1v) is 6.14. The molecular formula is C16H16O3. The molecule has 19 heavy (non-hydrogen) atoms. The molecule has 0 bridgehead atoms. The van der Waals surface area contributed by atoms with Crippen molar-refractivity contribution >= 4 is 5.97 Å². The number of benzene rings is 2. The van der Waals surface area contributed by atoms with Crippen LogP contribution in [0.15, 0.2) is 48.5 Å². The largest absolute Gasteiger partial charge is 0.497 e. The van der Waals surface area contributed by atoms with Gasteiger partial charge in [0.1, 0.15) is 5.75 Å². The number of carbonyl (C=O) groups is 1. The number of carboxylic acid groups (broad SMARTS) is 1. The Bertz CT molecular complexity index is 558. The topological polar surface area (TPSA) is 46.5 Å². The summed E-state index contributed by atoms with van der Waals surface area (Å²) in [6.45, 7) is 0. The normalized spacial score (nSPS) is 10.2. The summed E-state index contributed by atoms with van der Waals surface area (Å²) in [5.74, 6) is 0.0561. The van der Waals surface area contributed by atoms with E-state index >= 15 is 0 Å². The molecule has 0 atom stereocenters. The Kier molecular flexibility index (Phi) is 4.18. The fraction of sp³-hybridized carbons (Fsp3) is 0.188. The van der Waals surface area contributed by atoms with E-state index in [1.165, 1.54) is 0 Å². The van der Waals surface area contributed by atoms with Crippen molar-refractivity contribution in [2.45, 2.75) is 12.8 Å². The summed E-state index contributed by atoms with van der Waals surface area (Å²) in [6.07, 6.45) is 0.714. The van der Waals surface area contributed by atoms with Crippen LogP contribution in [0.1, 0.15) is 12.0 Å². The van der Waals surface area contributed by atoms with Crippen LogP contribution in [0, 0.1) is 0 Å². The van der Waals surface area contributed by atoms with Crippen LogP contribution < -0.4 is 4.74 Å². The highest BCUT2D eigenvalue weighted by atomic mass is 16.5. The molecule has 0 fully saturated rings. The van der Waals surface area contributed by atoms with E-state index < -0.39 is 5.97 Å². The Morgan fingerprint density at radius 3 is 2.47 bits per heavy atom. The van der Waals surface area contributed by atoms with Crippen LogP contribution in [0.2, 0.25) is 0 Å². The molecule has 2 aromatic rings. The molecule has 0 heterocycles. The van der Waals surface area contributed by atoms with Gasteiger partial charge in [0, 0.05) is 6.42 Å². The SMILES string of the molecule is COc1ccc(-c2cccc(CCC(=O)O)c2)cc1.